The molecule has 0 bridgehead atoms. The van der Waals surface area contributed by atoms with Crippen LogP contribution >= 0.6 is 0 Å². The summed E-state index contributed by atoms with van der Waals surface area (Å²) in [6.07, 6.45) is -11.3. The molecule has 80 heavy (non-hydrogen) atoms. The van der Waals surface area contributed by atoms with Gasteiger partial charge in [0.05, 0.1) is 13.2 Å². The van der Waals surface area contributed by atoms with E-state index in [-0.39, 0.29) is 74.7 Å². The van der Waals surface area contributed by atoms with Crippen molar-refractivity contribution in [1.82, 2.24) is 0 Å². The number of unbranched alkanes of at least 4 members (excludes halogenated alkanes) is 16. The number of carbonyl (C=O) groups is 2. The number of halogens is 18. The van der Waals surface area contributed by atoms with Gasteiger partial charge in [0, 0.05) is 12.8 Å². The molecule has 0 unspecified atom stereocenters. The van der Waals surface area contributed by atoms with Gasteiger partial charge < -0.3 is 18.9 Å². The highest BCUT2D eigenvalue weighted by molar-refractivity contribution is 5.99. The maximum atomic E-state index is 13.7. The second kappa shape index (κ2) is 28.9. The Labute approximate surface area is 450 Å². The van der Waals surface area contributed by atoms with Crippen LogP contribution in [-0.2, 0) is 9.47 Å². The van der Waals surface area contributed by atoms with E-state index in [0.29, 0.717) is 82.6 Å². The zero-order valence-corrected chi connectivity index (χ0v) is 43.4. The molecule has 4 aromatic rings. The minimum absolute atomic E-state index is 0.0492. The molecule has 0 radical (unpaired) electrons. The van der Waals surface area contributed by atoms with E-state index in [1.165, 1.54) is 0 Å². The predicted molar refractivity (Wildman–Crippen MR) is 263 cm³/mol. The minimum atomic E-state index is -6.89. The van der Waals surface area contributed by atoms with Crippen molar-refractivity contribution in [3.05, 3.63) is 96.1 Å². The topological polar surface area (TPSA) is 71.1 Å². The number of carbonyl (C=O) groups excluding carboxylic acids is 2. The number of fused-ring (bicyclic) bond motifs is 2. The first-order valence-corrected chi connectivity index (χ1v) is 26.0. The number of esters is 2. The summed E-state index contributed by atoms with van der Waals surface area (Å²) in [7, 11) is 0. The van der Waals surface area contributed by atoms with Crippen molar-refractivity contribution in [1.29, 1.82) is 0 Å². The van der Waals surface area contributed by atoms with Crippen molar-refractivity contribution >= 4 is 33.5 Å². The van der Waals surface area contributed by atoms with Gasteiger partial charge >= 0.3 is 59.8 Å². The van der Waals surface area contributed by atoms with Crippen molar-refractivity contribution in [3.8, 4) is 11.5 Å². The summed E-state index contributed by atoms with van der Waals surface area (Å²) < 4.78 is 258. The number of rotatable bonds is 36. The van der Waals surface area contributed by atoms with Crippen molar-refractivity contribution in [2.75, 3.05) is 26.4 Å². The molecule has 0 aliphatic rings. The van der Waals surface area contributed by atoms with Crippen molar-refractivity contribution < 1.29 is 108 Å². The molecule has 4 aromatic carbocycles. The number of alkyl halides is 18. The van der Waals surface area contributed by atoms with Gasteiger partial charge in [-0.3, -0.25) is 0 Å². The molecule has 0 atom stereocenters. The van der Waals surface area contributed by atoms with Gasteiger partial charge in [0.1, 0.15) is 35.8 Å². The molecule has 0 N–H and O–H groups in total. The molecule has 0 saturated heterocycles. The van der Waals surface area contributed by atoms with E-state index in [1.807, 2.05) is 12.1 Å². The van der Waals surface area contributed by atoms with E-state index in [2.05, 4.69) is 6.58 Å². The molecule has 448 valence electrons. The van der Waals surface area contributed by atoms with Crippen LogP contribution in [0.2, 0.25) is 0 Å². The molecule has 0 saturated carbocycles. The van der Waals surface area contributed by atoms with Gasteiger partial charge in [-0.05, 0) is 77.1 Å². The molecule has 24 heteroatoms. The van der Waals surface area contributed by atoms with E-state index in [4.69, 9.17) is 18.9 Å². The van der Waals surface area contributed by atoms with E-state index >= 15 is 0 Å². The largest absolute Gasteiger partial charge is 0.488 e. The van der Waals surface area contributed by atoms with Crippen LogP contribution in [0.4, 0.5) is 79.0 Å². The number of ether oxygens (including phenoxy) is 4. The molecule has 0 amide bonds. The summed E-state index contributed by atoms with van der Waals surface area (Å²) >= 11 is 0. The number of hydrogen-bond acceptors (Lipinski definition) is 6. The lowest BCUT2D eigenvalue weighted by atomic mass is 9.97. The monoisotopic (exact) mass is 1170 g/mol. The second-order valence-electron chi connectivity index (χ2n) is 19.6. The minimum Gasteiger partial charge on any atom is -0.488 e. The smallest absolute Gasteiger partial charge is 0.460 e. The van der Waals surface area contributed by atoms with Crippen molar-refractivity contribution in [3.63, 3.8) is 0 Å². The maximum absolute atomic E-state index is 13.7. The quantitative estimate of drug-likeness (QED) is 0.0196. The summed E-state index contributed by atoms with van der Waals surface area (Å²) in [6, 6.07) is 21.0. The van der Waals surface area contributed by atoms with Gasteiger partial charge in [-0.25, -0.2) is 9.59 Å². The van der Waals surface area contributed by atoms with Gasteiger partial charge in [0.25, 0.3) is 0 Å². The Bertz CT molecular complexity index is 2440. The predicted octanol–water partition coefficient (Wildman–Crippen LogP) is 19.1. The molecular weight excluding hydrogens is 1110 g/mol. The summed E-state index contributed by atoms with van der Waals surface area (Å²) in [6.45, 7) is 3.91. The van der Waals surface area contributed by atoms with E-state index < -0.39 is 85.5 Å². The van der Waals surface area contributed by atoms with Crippen LogP contribution in [0.15, 0.2) is 84.9 Å². The lowest BCUT2D eigenvalue weighted by Gasteiger charge is -2.33. The Kier molecular flexibility index (Phi) is 24.2. The average molecular weight is 1170 g/mol. The lowest BCUT2D eigenvalue weighted by molar-refractivity contribution is -0.396. The fraction of sp³-hybridized carbons (Fsp3) is 0.571. The van der Waals surface area contributed by atoms with Crippen molar-refractivity contribution in [2.45, 2.75) is 176 Å². The van der Waals surface area contributed by atoms with Crippen LogP contribution in [-0.4, -0.2) is 86.3 Å². The van der Waals surface area contributed by atoms with Crippen LogP contribution in [0.25, 0.3) is 21.5 Å². The molecular formula is C56H62F18O6. The van der Waals surface area contributed by atoms with Crippen LogP contribution in [0.3, 0.4) is 0 Å². The van der Waals surface area contributed by atoms with Gasteiger partial charge in [-0.15, -0.1) is 0 Å². The normalized spacial score (nSPS) is 13.2. The average Bonchev–Trinajstić information content (AvgIpc) is 3.45. The first kappa shape index (κ1) is 66.9. The summed E-state index contributed by atoms with van der Waals surface area (Å²) in [4.78, 5) is 26.8. The maximum Gasteiger partial charge on any atom is 0.460 e. The zero-order valence-electron chi connectivity index (χ0n) is 43.4. The molecule has 0 aliphatic heterocycles. The third kappa shape index (κ3) is 17.7. The number of benzene rings is 4. The fourth-order valence-corrected chi connectivity index (χ4v) is 8.39. The Balaban J connectivity index is 1.17. The summed E-state index contributed by atoms with van der Waals surface area (Å²) in [5.74, 6) is -39.1. The molecule has 0 heterocycles. The molecule has 0 aromatic heterocycles. The summed E-state index contributed by atoms with van der Waals surface area (Å²) in [5.41, 5.74) is 0.686. The van der Waals surface area contributed by atoms with Crippen molar-refractivity contribution in [2.24, 2.45) is 0 Å². The summed E-state index contributed by atoms with van der Waals surface area (Å²) in [5, 5.41) is 2.97. The Hall–Kier alpha value is -5.58. The van der Waals surface area contributed by atoms with Crippen LogP contribution in [0.5, 0.6) is 11.5 Å². The van der Waals surface area contributed by atoms with E-state index in [0.717, 1.165) is 21.5 Å². The van der Waals surface area contributed by atoms with E-state index in [9.17, 15) is 88.6 Å². The van der Waals surface area contributed by atoms with Gasteiger partial charge in [0.2, 0.25) is 0 Å². The van der Waals surface area contributed by atoms with Crippen LogP contribution < -0.4 is 9.47 Å². The standard InChI is InChI=1S/C56H62F18O6/c1-38(36-79-45-34-41-26-18-16-24-39(41)32-43(45)47(75)77-30-22-14-10-6-2-4-8-12-20-28-49(57,58)51(61,62)53(65,66)55(69,70)71)37-80-46-35-42-27-19-17-25-40(42)33-44(46)48(76)78-31-23-15-11-7-3-5-9-13-21-29-50(59,60)52(63,64)54(67,68)56(72,73)74/h16-19,24-27,32-35H,1-15,20-23,28-31,36-37H2. The van der Waals surface area contributed by atoms with Gasteiger partial charge in [-0.1, -0.05) is 145 Å². The zero-order chi connectivity index (χ0) is 59.6. The molecule has 0 aliphatic carbocycles. The highest BCUT2D eigenvalue weighted by Crippen LogP contribution is 2.56. The second-order valence-corrected chi connectivity index (χ2v) is 19.6. The third-order valence-electron chi connectivity index (χ3n) is 13.2. The molecule has 4 rings (SSSR count). The highest BCUT2D eigenvalue weighted by Gasteiger charge is 2.82. The molecule has 0 spiro atoms. The van der Waals surface area contributed by atoms with Gasteiger partial charge in [-0.2, -0.15) is 79.0 Å². The number of hydrogen-bond donors (Lipinski definition) is 0. The SMILES string of the molecule is C=C(COc1cc2ccccc2cc1C(=O)OCCCCCCCCCCCC(F)(F)C(F)(F)C(F)(F)C(F)(F)F)COc1cc2ccccc2cc1C(=O)OCCCCCCCCCCCC(F)(F)C(F)(F)C(F)(F)C(F)(F)F. The Morgan fingerprint density at radius 3 is 0.912 bits per heavy atom. The first-order chi connectivity index (χ1) is 37.3. The lowest BCUT2D eigenvalue weighted by Crippen LogP contribution is -2.60. The molecule has 6 nitrogen and oxygen atoms in total. The van der Waals surface area contributed by atoms with Crippen LogP contribution in [0, 0.1) is 0 Å². The van der Waals surface area contributed by atoms with E-state index in [1.54, 1.807) is 60.7 Å². The first-order valence-electron chi connectivity index (χ1n) is 26.0. The Morgan fingerprint density at radius 2 is 0.625 bits per heavy atom. The molecule has 0 fully saturated rings. The van der Waals surface area contributed by atoms with Crippen LogP contribution in [0.1, 0.15) is 149 Å². The van der Waals surface area contributed by atoms with Gasteiger partial charge in [0.15, 0.2) is 0 Å². The third-order valence-corrected chi connectivity index (χ3v) is 13.2. The Morgan fingerprint density at radius 1 is 0.362 bits per heavy atom. The fourth-order valence-electron chi connectivity index (χ4n) is 8.39. The highest BCUT2D eigenvalue weighted by atomic mass is 19.4.